The lowest BCUT2D eigenvalue weighted by molar-refractivity contribution is 0.0940. The molecule has 0 saturated carbocycles. The van der Waals surface area contributed by atoms with Crippen LogP contribution in [0, 0.1) is 0 Å². The summed E-state index contributed by atoms with van der Waals surface area (Å²) in [6, 6.07) is 15.0. The number of hydrogen-bond acceptors (Lipinski definition) is 2. The maximum absolute atomic E-state index is 12.2. The molecule has 1 N–H and O–H groups in total. The minimum Gasteiger partial charge on any atom is -0.378 e. The molecule has 0 heterocycles. The highest BCUT2D eigenvalue weighted by Crippen LogP contribution is 2.17. The number of carbonyl (C=O) groups excluding carboxylic acids is 1. The molecular formula is C17H19ClN2O. The minimum atomic E-state index is -0.0808. The smallest absolute Gasteiger partial charge is 0.251 e. The molecule has 0 spiro atoms. The minimum absolute atomic E-state index is 0.0664. The molecule has 0 aliphatic carbocycles. The zero-order valence-corrected chi connectivity index (χ0v) is 13.2. The van der Waals surface area contributed by atoms with Gasteiger partial charge in [-0.2, -0.15) is 0 Å². The summed E-state index contributed by atoms with van der Waals surface area (Å²) in [5.41, 5.74) is 2.75. The van der Waals surface area contributed by atoms with Gasteiger partial charge >= 0.3 is 0 Å². The Kier molecular flexibility index (Phi) is 4.86. The summed E-state index contributed by atoms with van der Waals surface area (Å²) in [6.45, 7) is 1.95. The molecule has 4 heteroatoms. The summed E-state index contributed by atoms with van der Waals surface area (Å²) in [6.07, 6.45) is 0. The second-order valence-corrected chi connectivity index (χ2v) is 5.62. The fraction of sp³-hybridized carbons (Fsp3) is 0.235. The van der Waals surface area contributed by atoms with Gasteiger partial charge in [0.15, 0.2) is 0 Å². The summed E-state index contributed by atoms with van der Waals surface area (Å²) in [5, 5.41) is 3.68. The maximum atomic E-state index is 12.2. The number of nitrogens with one attached hydrogen (secondary N) is 1. The van der Waals surface area contributed by atoms with Gasteiger partial charge < -0.3 is 10.2 Å². The van der Waals surface area contributed by atoms with Gasteiger partial charge in [-0.15, -0.1) is 0 Å². The summed E-state index contributed by atoms with van der Waals surface area (Å²) in [5.74, 6) is -0.0808. The molecule has 0 bridgehead atoms. The van der Waals surface area contributed by atoms with E-state index >= 15 is 0 Å². The molecule has 0 aliphatic rings. The van der Waals surface area contributed by atoms with Crippen LogP contribution in [-0.4, -0.2) is 20.0 Å². The third-order valence-electron chi connectivity index (χ3n) is 3.36. The van der Waals surface area contributed by atoms with Crippen LogP contribution in [-0.2, 0) is 0 Å². The van der Waals surface area contributed by atoms with Crippen molar-refractivity contribution >= 4 is 23.2 Å². The first-order valence-electron chi connectivity index (χ1n) is 6.81. The number of benzene rings is 2. The number of anilines is 1. The van der Waals surface area contributed by atoms with Gasteiger partial charge in [-0.3, -0.25) is 4.79 Å². The Morgan fingerprint density at radius 1 is 1.05 bits per heavy atom. The predicted octanol–water partition coefficient (Wildman–Crippen LogP) is 3.90. The Morgan fingerprint density at radius 3 is 2.14 bits per heavy atom. The van der Waals surface area contributed by atoms with Gasteiger partial charge in [0, 0.05) is 30.4 Å². The quantitative estimate of drug-likeness (QED) is 0.929. The normalized spacial score (nSPS) is 11.8. The van der Waals surface area contributed by atoms with E-state index in [0.717, 1.165) is 11.3 Å². The zero-order chi connectivity index (χ0) is 15.4. The van der Waals surface area contributed by atoms with Crippen LogP contribution < -0.4 is 10.2 Å². The molecule has 1 unspecified atom stereocenters. The van der Waals surface area contributed by atoms with Crippen LogP contribution >= 0.6 is 11.6 Å². The van der Waals surface area contributed by atoms with E-state index in [9.17, 15) is 4.79 Å². The van der Waals surface area contributed by atoms with Crippen LogP contribution in [0.2, 0.25) is 5.02 Å². The van der Waals surface area contributed by atoms with Crippen molar-refractivity contribution in [2.75, 3.05) is 19.0 Å². The van der Waals surface area contributed by atoms with E-state index in [1.165, 1.54) is 0 Å². The Hall–Kier alpha value is -2.00. The largest absolute Gasteiger partial charge is 0.378 e. The van der Waals surface area contributed by atoms with Crippen LogP contribution in [0.5, 0.6) is 0 Å². The number of carbonyl (C=O) groups is 1. The van der Waals surface area contributed by atoms with Gasteiger partial charge in [0.05, 0.1) is 6.04 Å². The number of halogens is 1. The van der Waals surface area contributed by atoms with E-state index in [2.05, 4.69) is 5.32 Å². The average Bonchev–Trinajstić information content (AvgIpc) is 2.47. The van der Waals surface area contributed by atoms with Gasteiger partial charge in [0.25, 0.3) is 5.91 Å². The third-order valence-corrected chi connectivity index (χ3v) is 3.62. The van der Waals surface area contributed by atoms with Crippen molar-refractivity contribution in [3.05, 3.63) is 64.7 Å². The molecule has 0 aliphatic heterocycles. The van der Waals surface area contributed by atoms with E-state index in [1.54, 1.807) is 0 Å². The molecule has 0 radical (unpaired) electrons. The van der Waals surface area contributed by atoms with Crippen molar-refractivity contribution in [1.82, 2.24) is 5.32 Å². The van der Waals surface area contributed by atoms with Crippen LogP contribution in [0.3, 0.4) is 0 Å². The third kappa shape index (κ3) is 3.99. The Morgan fingerprint density at radius 2 is 1.62 bits per heavy atom. The Bertz CT molecular complexity index is 606. The Balaban J connectivity index is 2.05. The molecule has 0 aromatic heterocycles. The standard InChI is InChI=1S/C17H19ClN2O/c1-12(13-4-8-15(18)9-5-13)19-17(21)14-6-10-16(11-7-14)20(2)3/h4-12H,1-3H3,(H,19,21). The van der Waals surface area contributed by atoms with Crippen molar-refractivity contribution in [3.63, 3.8) is 0 Å². The molecule has 1 amide bonds. The van der Waals surface area contributed by atoms with Crippen LogP contribution in [0.1, 0.15) is 28.9 Å². The fourth-order valence-corrected chi connectivity index (χ4v) is 2.15. The molecule has 110 valence electrons. The molecule has 2 aromatic carbocycles. The molecule has 2 aromatic rings. The van der Waals surface area contributed by atoms with Crippen molar-refractivity contribution in [1.29, 1.82) is 0 Å². The molecule has 2 rings (SSSR count). The number of hydrogen-bond donors (Lipinski definition) is 1. The number of nitrogens with zero attached hydrogens (tertiary/aromatic N) is 1. The molecule has 3 nitrogen and oxygen atoms in total. The Labute approximate surface area is 130 Å². The monoisotopic (exact) mass is 302 g/mol. The maximum Gasteiger partial charge on any atom is 0.251 e. The summed E-state index contributed by atoms with van der Waals surface area (Å²) in [4.78, 5) is 14.2. The second kappa shape index (κ2) is 6.64. The van der Waals surface area contributed by atoms with E-state index in [1.807, 2.05) is 74.4 Å². The summed E-state index contributed by atoms with van der Waals surface area (Å²) in [7, 11) is 3.94. The first-order chi connectivity index (χ1) is 9.97. The van der Waals surface area contributed by atoms with Gasteiger partial charge in [-0.05, 0) is 48.9 Å². The summed E-state index contributed by atoms with van der Waals surface area (Å²) >= 11 is 5.87. The van der Waals surface area contributed by atoms with Crippen LogP contribution in [0.4, 0.5) is 5.69 Å². The van der Waals surface area contributed by atoms with Gasteiger partial charge in [-0.1, -0.05) is 23.7 Å². The van der Waals surface area contributed by atoms with E-state index in [0.29, 0.717) is 10.6 Å². The van der Waals surface area contributed by atoms with Gasteiger partial charge in [0.2, 0.25) is 0 Å². The molecular weight excluding hydrogens is 284 g/mol. The van der Waals surface area contributed by atoms with Crippen LogP contribution in [0.25, 0.3) is 0 Å². The van der Waals surface area contributed by atoms with Crippen molar-refractivity contribution < 1.29 is 4.79 Å². The second-order valence-electron chi connectivity index (χ2n) is 5.19. The zero-order valence-electron chi connectivity index (χ0n) is 12.4. The van der Waals surface area contributed by atoms with Crippen LogP contribution in [0.15, 0.2) is 48.5 Å². The molecule has 1 atom stereocenters. The number of amides is 1. The topological polar surface area (TPSA) is 32.3 Å². The average molecular weight is 303 g/mol. The molecule has 21 heavy (non-hydrogen) atoms. The predicted molar refractivity (Wildman–Crippen MR) is 88.1 cm³/mol. The lowest BCUT2D eigenvalue weighted by Crippen LogP contribution is -2.26. The SMILES string of the molecule is CC(NC(=O)c1ccc(N(C)C)cc1)c1ccc(Cl)cc1. The summed E-state index contributed by atoms with van der Waals surface area (Å²) < 4.78 is 0. The molecule has 0 fully saturated rings. The number of rotatable bonds is 4. The highest BCUT2D eigenvalue weighted by Gasteiger charge is 2.11. The highest BCUT2D eigenvalue weighted by atomic mass is 35.5. The van der Waals surface area contributed by atoms with Crippen molar-refractivity contribution in [3.8, 4) is 0 Å². The van der Waals surface area contributed by atoms with Gasteiger partial charge in [0.1, 0.15) is 0 Å². The lowest BCUT2D eigenvalue weighted by Gasteiger charge is -2.16. The highest BCUT2D eigenvalue weighted by molar-refractivity contribution is 6.30. The fourth-order valence-electron chi connectivity index (χ4n) is 2.03. The van der Waals surface area contributed by atoms with Crippen molar-refractivity contribution in [2.45, 2.75) is 13.0 Å². The van der Waals surface area contributed by atoms with E-state index in [-0.39, 0.29) is 11.9 Å². The van der Waals surface area contributed by atoms with Crippen molar-refractivity contribution in [2.24, 2.45) is 0 Å². The van der Waals surface area contributed by atoms with E-state index < -0.39 is 0 Å². The first kappa shape index (κ1) is 15.4. The van der Waals surface area contributed by atoms with E-state index in [4.69, 9.17) is 11.6 Å². The van der Waals surface area contributed by atoms with Gasteiger partial charge in [-0.25, -0.2) is 0 Å². The lowest BCUT2D eigenvalue weighted by atomic mass is 10.1. The molecule has 0 saturated heterocycles. The first-order valence-corrected chi connectivity index (χ1v) is 7.19.